The lowest BCUT2D eigenvalue weighted by atomic mass is 10.1. The Bertz CT molecular complexity index is 388. The highest BCUT2D eigenvalue weighted by atomic mass is 79.9. The van der Waals surface area contributed by atoms with Crippen LogP contribution < -0.4 is 4.74 Å². The average molecular weight is 410 g/mol. The average Bonchev–Trinajstić information content (AvgIpc) is 3.01. The third-order valence-corrected chi connectivity index (χ3v) is 5.13. The fraction of sp³-hybridized carbons (Fsp3) is 0.688. The molecule has 0 N–H and O–H groups in total. The maximum atomic E-state index is 5.62. The molecule has 3 nitrogen and oxygen atoms in total. The summed E-state index contributed by atoms with van der Waals surface area (Å²) in [5.74, 6) is 3.30. The maximum absolute atomic E-state index is 5.62. The van der Waals surface area contributed by atoms with E-state index in [1.165, 1.54) is 56.8 Å². The van der Waals surface area contributed by atoms with Crippen LogP contribution in [0.15, 0.2) is 22.8 Å². The van der Waals surface area contributed by atoms with Crippen molar-refractivity contribution in [2.75, 3.05) is 31.3 Å². The molecule has 0 radical (unpaired) electrons. The second-order valence-corrected chi connectivity index (χ2v) is 7.43. The van der Waals surface area contributed by atoms with E-state index >= 15 is 0 Å². The summed E-state index contributed by atoms with van der Waals surface area (Å²) < 4.78 is 6.60. The molecule has 126 valence electrons. The Morgan fingerprint density at radius 1 is 1.14 bits per heavy atom. The van der Waals surface area contributed by atoms with Crippen molar-refractivity contribution < 1.29 is 4.74 Å². The molecular weight excluding hydrogens is 384 g/mol. The van der Waals surface area contributed by atoms with Gasteiger partial charge in [0.15, 0.2) is 0 Å². The van der Waals surface area contributed by atoms with Crippen LogP contribution in [0.2, 0.25) is 0 Å². The molecule has 22 heavy (non-hydrogen) atoms. The first-order valence-corrected chi connectivity index (χ1v) is 9.84. The molecule has 1 aromatic heterocycles. The Balaban J connectivity index is 0.00000242. The predicted octanol–water partition coefficient (Wildman–Crippen LogP) is 4.99. The van der Waals surface area contributed by atoms with E-state index in [0.29, 0.717) is 0 Å². The number of hydrogen-bond acceptors (Lipinski definition) is 4. The Hall–Kier alpha value is 0.0300. The molecule has 1 aliphatic heterocycles. The van der Waals surface area contributed by atoms with Gasteiger partial charge in [0.1, 0.15) is 0 Å². The SMILES string of the molecule is Brc1ccc(OCCCCCCCCN2CCSC2)nc1.Cl. The zero-order valence-electron chi connectivity index (χ0n) is 13.0. The van der Waals surface area contributed by atoms with Gasteiger partial charge in [-0.15, -0.1) is 24.2 Å². The Kier molecular flexibility index (Phi) is 11.4. The number of rotatable bonds is 10. The number of halogens is 2. The van der Waals surface area contributed by atoms with Gasteiger partial charge in [-0.2, -0.15) is 0 Å². The van der Waals surface area contributed by atoms with E-state index in [4.69, 9.17) is 4.74 Å². The van der Waals surface area contributed by atoms with Gasteiger partial charge < -0.3 is 4.74 Å². The van der Waals surface area contributed by atoms with Crippen molar-refractivity contribution in [1.82, 2.24) is 9.88 Å². The van der Waals surface area contributed by atoms with Gasteiger partial charge in [-0.05, 0) is 41.4 Å². The van der Waals surface area contributed by atoms with Crippen LogP contribution in [0.5, 0.6) is 5.88 Å². The second kappa shape index (κ2) is 12.5. The highest BCUT2D eigenvalue weighted by molar-refractivity contribution is 9.10. The van der Waals surface area contributed by atoms with Gasteiger partial charge in [0.05, 0.1) is 6.61 Å². The highest BCUT2D eigenvalue weighted by Gasteiger charge is 2.10. The molecule has 6 heteroatoms. The number of unbranched alkanes of at least 4 members (excludes halogenated alkanes) is 5. The molecule has 1 fully saturated rings. The van der Waals surface area contributed by atoms with Crippen LogP contribution in [-0.4, -0.2) is 41.2 Å². The summed E-state index contributed by atoms with van der Waals surface area (Å²) in [5, 5.41) is 0. The number of pyridine rings is 1. The second-order valence-electron chi connectivity index (χ2n) is 5.44. The minimum Gasteiger partial charge on any atom is -0.478 e. The number of hydrogen-bond donors (Lipinski definition) is 0. The summed E-state index contributed by atoms with van der Waals surface area (Å²) >= 11 is 5.43. The van der Waals surface area contributed by atoms with E-state index < -0.39 is 0 Å². The van der Waals surface area contributed by atoms with Crippen molar-refractivity contribution in [3.63, 3.8) is 0 Å². The van der Waals surface area contributed by atoms with E-state index in [1.54, 1.807) is 6.20 Å². The van der Waals surface area contributed by atoms with E-state index in [9.17, 15) is 0 Å². The number of thioether (sulfide) groups is 1. The summed E-state index contributed by atoms with van der Waals surface area (Å²) in [5.41, 5.74) is 0. The van der Waals surface area contributed by atoms with E-state index in [-0.39, 0.29) is 12.4 Å². The Morgan fingerprint density at radius 3 is 2.59 bits per heavy atom. The van der Waals surface area contributed by atoms with Crippen LogP contribution in [-0.2, 0) is 0 Å². The first-order valence-electron chi connectivity index (χ1n) is 7.89. The number of ether oxygens (including phenoxy) is 1. The van der Waals surface area contributed by atoms with Crippen LogP contribution in [0.25, 0.3) is 0 Å². The van der Waals surface area contributed by atoms with Crippen molar-refractivity contribution in [1.29, 1.82) is 0 Å². The van der Waals surface area contributed by atoms with Crippen LogP contribution >= 0.6 is 40.1 Å². The molecule has 1 saturated heterocycles. The van der Waals surface area contributed by atoms with Crippen LogP contribution in [0.4, 0.5) is 0 Å². The lowest BCUT2D eigenvalue weighted by Crippen LogP contribution is -2.20. The number of aromatic nitrogens is 1. The molecule has 0 aromatic carbocycles. The summed E-state index contributed by atoms with van der Waals surface area (Å²) in [4.78, 5) is 6.77. The number of nitrogens with zero attached hydrogens (tertiary/aromatic N) is 2. The monoisotopic (exact) mass is 408 g/mol. The summed E-state index contributed by atoms with van der Waals surface area (Å²) in [6, 6.07) is 3.86. The lowest BCUT2D eigenvalue weighted by Gasteiger charge is -2.12. The Labute approximate surface area is 153 Å². The molecular formula is C16H26BrClN2OS. The van der Waals surface area contributed by atoms with Crippen molar-refractivity contribution in [2.24, 2.45) is 0 Å². The fourth-order valence-corrected chi connectivity index (χ4v) is 3.66. The first-order chi connectivity index (χ1) is 10.3. The minimum atomic E-state index is 0. The molecule has 0 bridgehead atoms. The quantitative estimate of drug-likeness (QED) is 0.508. The standard InChI is InChI=1S/C16H25BrN2OS.ClH/c17-15-7-8-16(18-13-15)20-11-6-4-2-1-3-5-9-19-10-12-21-14-19;/h7-8,13H,1-6,9-12,14H2;1H. The molecule has 0 saturated carbocycles. The highest BCUT2D eigenvalue weighted by Crippen LogP contribution is 2.15. The van der Waals surface area contributed by atoms with Crippen LogP contribution in [0, 0.1) is 0 Å². The summed E-state index contributed by atoms with van der Waals surface area (Å²) in [6.07, 6.45) is 9.57. The first kappa shape index (κ1) is 20.1. The third-order valence-electron chi connectivity index (χ3n) is 3.64. The van der Waals surface area contributed by atoms with Gasteiger partial charge in [-0.3, -0.25) is 4.90 Å². The zero-order chi connectivity index (χ0) is 14.8. The predicted molar refractivity (Wildman–Crippen MR) is 101 cm³/mol. The molecule has 0 spiro atoms. The van der Waals surface area contributed by atoms with E-state index in [2.05, 4.69) is 37.6 Å². The molecule has 0 aliphatic carbocycles. The van der Waals surface area contributed by atoms with Crippen molar-refractivity contribution in [3.8, 4) is 5.88 Å². The largest absolute Gasteiger partial charge is 0.478 e. The maximum Gasteiger partial charge on any atom is 0.213 e. The van der Waals surface area contributed by atoms with Crippen molar-refractivity contribution in [3.05, 3.63) is 22.8 Å². The van der Waals surface area contributed by atoms with E-state index in [1.807, 2.05) is 12.1 Å². The summed E-state index contributed by atoms with van der Waals surface area (Å²) in [7, 11) is 0. The molecule has 0 unspecified atom stereocenters. The third kappa shape index (κ3) is 8.61. The van der Waals surface area contributed by atoms with Gasteiger partial charge in [0, 0.05) is 34.9 Å². The fourth-order valence-electron chi connectivity index (χ4n) is 2.40. The van der Waals surface area contributed by atoms with Gasteiger partial charge in [-0.1, -0.05) is 25.7 Å². The zero-order valence-corrected chi connectivity index (χ0v) is 16.2. The Morgan fingerprint density at radius 2 is 1.91 bits per heavy atom. The molecule has 0 atom stereocenters. The van der Waals surface area contributed by atoms with Gasteiger partial charge in [0.25, 0.3) is 0 Å². The normalized spacial score (nSPS) is 14.8. The van der Waals surface area contributed by atoms with Gasteiger partial charge in [0.2, 0.25) is 5.88 Å². The molecule has 2 heterocycles. The smallest absolute Gasteiger partial charge is 0.213 e. The molecule has 1 aliphatic rings. The molecule has 2 rings (SSSR count). The topological polar surface area (TPSA) is 25.4 Å². The lowest BCUT2D eigenvalue weighted by molar-refractivity contribution is 0.292. The molecule has 1 aromatic rings. The minimum absolute atomic E-state index is 0. The van der Waals surface area contributed by atoms with Gasteiger partial charge in [-0.25, -0.2) is 4.98 Å². The van der Waals surface area contributed by atoms with Crippen LogP contribution in [0.3, 0.4) is 0 Å². The van der Waals surface area contributed by atoms with Crippen molar-refractivity contribution in [2.45, 2.75) is 38.5 Å². The van der Waals surface area contributed by atoms with Crippen LogP contribution in [0.1, 0.15) is 38.5 Å². The van der Waals surface area contributed by atoms with Gasteiger partial charge >= 0.3 is 0 Å². The van der Waals surface area contributed by atoms with Crippen molar-refractivity contribution >= 4 is 40.1 Å². The summed E-state index contributed by atoms with van der Waals surface area (Å²) in [6.45, 7) is 3.37. The van der Waals surface area contributed by atoms with E-state index in [0.717, 1.165) is 23.4 Å². The molecule has 0 amide bonds.